The highest BCUT2D eigenvalue weighted by Crippen LogP contribution is 2.35. The molecule has 5 N–H and O–H groups in total. The molecule has 2 aromatic carbocycles. The fourth-order valence-electron chi connectivity index (χ4n) is 5.57. The van der Waals surface area contributed by atoms with Gasteiger partial charge in [-0.05, 0) is 68.6 Å². The Labute approximate surface area is 198 Å². The number of aliphatic hydroxyl groups is 1. The van der Waals surface area contributed by atoms with Crippen LogP contribution in [0.5, 0.6) is 0 Å². The van der Waals surface area contributed by atoms with Gasteiger partial charge >= 0.3 is 11.9 Å². The van der Waals surface area contributed by atoms with Crippen LogP contribution in [0.25, 0.3) is 10.8 Å². The fraction of sp³-hybridized carbons (Fsp3) is 0.500. The van der Waals surface area contributed by atoms with Gasteiger partial charge < -0.3 is 20.6 Å². The van der Waals surface area contributed by atoms with E-state index in [0.717, 1.165) is 38.5 Å². The van der Waals surface area contributed by atoms with E-state index >= 15 is 0 Å². The second-order valence-corrected chi connectivity index (χ2v) is 10.00. The van der Waals surface area contributed by atoms with E-state index in [1.807, 2.05) is 0 Å². The Hall–Kier alpha value is -2.97. The van der Waals surface area contributed by atoms with Crippen LogP contribution in [0.4, 0.5) is 0 Å². The molecule has 8 nitrogen and oxygen atoms in total. The quantitative estimate of drug-likeness (QED) is 0.389. The number of nitrogens with one attached hydrogen (secondary N) is 2. The molecule has 0 radical (unpaired) electrons. The van der Waals surface area contributed by atoms with E-state index < -0.39 is 24.1 Å². The number of hydrogen-bond acceptors (Lipinski definition) is 5. The average Bonchev–Trinajstić information content (AvgIpc) is 3.38. The van der Waals surface area contributed by atoms with Gasteiger partial charge in [0.25, 0.3) is 5.91 Å². The van der Waals surface area contributed by atoms with Gasteiger partial charge in [-0.25, -0.2) is 9.59 Å². The van der Waals surface area contributed by atoms with E-state index in [-0.39, 0.29) is 45.1 Å². The van der Waals surface area contributed by atoms with Gasteiger partial charge in [-0.1, -0.05) is 19.9 Å². The van der Waals surface area contributed by atoms with Gasteiger partial charge in [-0.15, -0.1) is 0 Å². The minimum absolute atomic E-state index is 0.00947. The lowest BCUT2D eigenvalue weighted by atomic mass is 9.90. The number of aromatic carboxylic acids is 2. The van der Waals surface area contributed by atoms with Crippen molar-refractivity contribution < 1.29 is 29.7 Å². The summed E-state index contributed by atoms with van der Waals surface area (Å²) in [5.74, 6) is -1.94. The summed E-state index contributed by atoms with van der Waals surface area (Å²) in [5.41, 5.74) is 0.0230. The number of fused-ring (bicyclic) bond motifs is 1. The minimum atomic E-state index is -1.27. The predicted molar refractivity (Wildman–Crippen MR) is 127 cm³/mol. The summed E-state index contributed by atoms with van der Waals surface area (Å²) in [5, 5.41) is 37.0. The molecule has 8 heteroatoms. The number of carbonyl (C=O) groups is 3. The van der Waals surface area contributed by atoms with Gasteiger partial charge in [0.2, 0.25) is 0 Å². The SMILES string of the molecule is CC1CCC(NC(=O)c2ccc(C(=O)O)c3c(C(O)NC4CCC(C)C4)ccc(C(=O)O)c23)C1. The Balaban J connectivity index is 1.82. The Kier molecular flexibility index (Phi) is 6.91. The van der Waals surface area contributed by atoms with Crippen molar-refractivity contribution in [1.29, 1.82) is 0 Å². The molecule has 1 amide bonds. The van der Waals surface area contributed by atoms with E-state index in [9.17, 15) is 29.7 Å². The normalized spacial score (nSPS) is 25.4. The van der Waals surface area contributed by atoms with Crippen molar-refractivity contribution in [3.05, 3.63) is 46.5 Å². The van der Waals surface area contributed by atoms with Crippen LogP contribution in [-0.2, 0) is 0 Å². The topological polar surface area (TPSA) is 136 Å². The summed E-state index contributed by atoms with van der Waals surface area (Å²) in [6.45, 7) is 4.27. The second-order valence-electron chi connectivity index (χ2n) is 10.00. The van der Waals surface area contributed by atoms with Crippen molar-refractivity contribution >= 4 is 28.6 Å². The molecule has 5 unspecified atom stereocenters. The highest BCUT2D eigenvalue weighted by atomic mass is 16.4. The van der Waals surface area contributed by atoms with Crippen molar-refractivity contribution in [3.8, 4) is 0 Å². The molecule has 5 atom stereocenters. The summed E-state index contributed by atoms with van der Waals surface area (Å²) >= 11 is 0. The molecule has 34 heavy (non-hydrogen) atoms. The molecule has 2 aliphatic rings. The van der Waals surface area contributed by atoms with Crippen molar-refractivity contribution in [2.24, 2.45) is 11.8 Å². The first-order valence-electron chi connectivity index (χ1n) is 12.0. The van der Waals surface area contributed by atoms with Crippen molar-refractivity contribution in [2.75, 3.05) is 0 Å². The third kappa shape index (κ3) is 4.79. The fourth-order valence-corrected chi connectivity index (χ4v) is 5.57. The second kappa shape index (κ2) is 9.72. The van der Waals surface area contributed by atoms with Crippen LogP contribution in [0, 0.1) is 11.8 Å². The summed E-state index contributed by atoms with van der Waals surface area (Å²) in [6.07, 6.45) is 4.31. The summed E-state index contributed by atoms with van der Waals surface area (Å²) in [7, 11) is 0. The molecule has 2 saturated carbocycles. The molecule has 182 valence electrons. The van der Waals surface area contributed by atoms with Crippen LogP contribution in [-0.4, -0.2) is 45.2 Å². The predicted octanol–water partition coefficient (Wildman–Crippen LogP) is 3.92. The standard InChI is InChI=1S/C26H32N2O6/c1-13-3-5-15(11-13)27-23(29)17-7-9-20(26(33)34)22-18(8-10-19(21(17)22)25(31)32)24(30)28-16-6-4-14(2)12-16/h7-10,13-16,23,27,29H,3-6,11-12H2,1-2H3,(H,28,30)(H,31,32)(H,33,34). The van der Waals surface area contributed by atoms with Crippen LogP contribution >= 0.6 is 0 Å². The van der Waals surface area contributed by atoms with Gasteiger partial charge in [-0.3, -0.25) is 10.1 Å². The van der Waals surface area contributed by atoms with E-state index in [2.05, 4.69) is 24.5 Å². The Bertz CT molecular complexity index is 1130. The van der Waals surface area contributed by atoms with Gasteiger partial charge in [-0.2, -0.15) is 0 Å². The molecule has 2 aliphatic carbocycles. The third-order valence-corrected chi connectivity index (χ3v) is 7.31. The van der Waals surface area contributed by atoms with Crippen molar-refractivity contribution in [2.45, 2.75) is 70.7 Å². The number of carboxylic acids is 2. The number of aliphatic hydroxyl groups excluding tert-OH is 1. The lowest BCUT2D eigenvalue weighted by molar-refractivity contribution is 0.0685. The summed E-state index contributed by atoms with van der Waals surface area (Å²) < 4.78 is 0. The number of benzene rings is 2. The number of rotatable bonds is 7. The molecule has 0 bridgehead atoms. The third-order valence-electron chi connectivity index (χ3n) is 7.31. The molecule has 0 heterocycles. The lowest BCUT2D eigenvalue weighted by Gasteiger charge is -2.23. The number of amides is 1. The lowest BCUT2D eigenvalue weighted by Crippen LogP contribution is -2.33. The van der Waals surface area contributed by atoms with Crippen LogP contribution in [0.1, 0.15) is 95.2 Å². The average molecular weight is 469 g/mol. The van der Waals surface area contributed by atoms with Crippen LogP contribution in [0.15, 0.2) is 24.3 Å². The molecule has 0 saturated heterocycles. The first kappa shape index (κ1) is 24.2. The number of carbonyl (C=O) groups excluding carboxylic acids is 1. The molecule has 2 aromatic rings. The number of hydrogen-bond donors (Lipinski definition) is 5. The zero-order chi connectivity index (χ0) is 24.6. The molecule has 4 rings (SSSR count). The molecule has 2 fully saturated rings. The molecular weight excluding hydrogens is 436 g/mol. The zero-order valence-corrected chi connectivity index (χ0v) is 19.5. The van der Waals surface area contributed by atoms with Gasteiger partial charge in [0, 0.05) is 34.0 Å². The van der Waals surface area contributed by atoms with Crippen LogP contribution < -0.4 is 10.6 Å². The minimum Gasteiger partial charge on any atom is -0.478 e. The van der Waals surface area contributed by atoms with Gasteiger partial charge in [0.05, 0.1) is 11.1 Å². The first-order chi connectivity index (χ1) is 16.2. The van der Waals surface area contributed by atoms with Gasteiger partial charge in [0.1, 0.15) is 6.23 Å². The monoisotopic (exact) mass is 468 g/mol. The highest BCUT2D eigenvalue weighted by Gasteiger charge is 2.29. The van der Waals surface area contributed by atoms with Crippen LogP contribution in [0.3, 0.4) is 0 Å². The van der Waals surface area contributed by atoms with E-state index in [4.69, 9.17) is 0 Å². The summed E-state index contributed by atoms with van der Waals surface area (Å²) in [6, 6.07) is 5.52. The van der Waals surface area contributed by atoms with Crippen LogP contribution in [0.2, 0.25) is 0 Å². The molecule has 0 aliphatic heterocycles. The van der Waals surface area contributed by atoms with E-state index in [0.29, 0.717) is 11.8 Å². The highest BCUT2D eigenvalue weighted by molar-refractivity contribution is 6.19. The van der Waals surface area contributed by atoms with Crippen molar-refractivity contribution in [3.63, 3.8) is 0 Å². The van der Waals surface area contributed by atoms with Gasteiger partial charge in [0.15, 0.2) is 0 Å². The Morgan fingerprint density at radius 1 is 0.794 bits per heavy atom. The molecule has 0 aromatic heterocycles. The number of carboxylic acid groups (broad SMARTS) is 2. The zero-order valence-electron chi connectivity index (χ0n) is 19.5. The van der Waals surface area contributed by atoms with E-state index in [1.54, 1.807) is 0 Å². The van der Waals surface area contributed by atoms with E-state index in [1.165, 1.54) is 24.3 Å². The largest absolute Gasteiger partial charge is 0.478 e. The molecular formula is C26H32N2O6. The molecule has 0 spiro atoms. The Morgan fingerprint density at radius 2 is 1.32 bits per heavy atom. The maximum Gasteiger partial charge on any atom is 0.336 e. The smallest absolute Gasteiger partial charge is 0.336 e. The maximum absolute atomic E-state index is 13.2. The summed E-state index contributed by atoms with van der Waals surface area (Å²) in [4.78, 5) is 37.4. The Morgan fingerprint density at radius 3 is 1.88 bits per heavy atom. The van der Waals surface area contributed by atoms with Crippen molar-refractivity contribution in [1.82, 2.24) is 10.6 Å². The maximum atomic E-state index is 13.2. The first-order valence-corrected chi connectivity index (χ1v) is 12.0.